The van der Waals surface area contributed by atoms with Gasteiger partial charge in [-0.05, 0) is 32.1 Å². The molecule has 0 bridgehead atoms. The number of guanidine groups is 1. The molecule has 1 aromatic rings. The molecule has 0 aromatic carbocycles. The van der Waals surface area contributed by atoms with Crippen LogP contribution < -0.4 is 5.32 Å². The van der Waals surface area contributed by atoms with E-state index in [4.69, 9.17) is 9.47 Å². The van der Waals surface area contributed by atoms with Crippen LogP contribution in [-0.2, 0) is 16.5 Å². The number of rotatable bonds is 8. The average molecular weight is 392 g/mol. The lowest BCUT2D eigenvalue weighted by Gasteiger charge is -2.34. The van der Waals surface area contributed by atoms with Gasteiger partial charge in [-0.1, -0.05) is 19.3 Å². The largest absolute Gasteiger partial charge is 0.378 e. The minimum Gasteiger partial charge on any atom is -0.378 e. The summed E-state index contributed by atoms with van der Waals surface area (Å²) in [5, 5.41) is 7.77. The summed E-state index contributed by atoms with van der Waals surface area (Å²) in [6.45, 7) is 4.24. The number of morpholine rings is 1. The van der Waals surface area contributed by atoms with E-state index in [-0.39, 0.29) is 6.10 Å². The van der Waals surface area contributed by atoms with Crippen molar-refractivity contribution in [1.82, 2.24) is 20.0 Å². The Balaban J connectivity index is 1.30. The number of ether oxygens (including phenoxy) is 2. The number of hydrogen-bond acceptors (Lipinski definition) is 4. The minimum atomic E-state index is 0.0536. The second-order valence-electron chi connectivity index (χ2n) is 7.92. The molecule has 2 aliphatic rings. The fourth-order valence-electron chi connectivity index (χ4n) is 4.07. The molecule has 0 radical (unpaired) electrons. The zero-order valence-corrected chi connectivity index (χ0v) is 17.6. The lowest BCUT2D eigenvalue weighted by Crippen LogP contribution is -2.48. The molecule has 28 heavy (non-hydrogen) atoms. The summed E-state index contributed by atoms with van der Waals surface area (Å²) >= 11 is 0. The molecule has 1 unspecified atom stereocenters. The third-order valence-corrected chi connectivity index (χ3v) is 5.68. The lowest BCUT2D eigenvalue weighted by atomic mass is 9.98. The monoisotopic (exact) mass is 391 g/mol. The number of nitrogens with zero attached hydrogens (tertiary/aromatic N) is 4. The highest BCUT2D eigenvalue weighted by Crippen LogP contribution is 2.22. The summed E-state index contributed by atoms with van der Waals surface area (Å²) < 4.78 is 13.8. The van der Waals surface area contributed by atoms with Gasteiger partial charge in [-0.15, -0.1) is 0 Å². The predicted molar refractivity (Wildman–Crippen MR) is 112 cm³/mol. The molecule has 2 fully saturated rings. The molecule has 0 amide bonds. The summed E-state index contributed by atoms with van der Waals surface area (Å²) in [6, 6.07) is 0. The van der Waals surface area contributed by atoms with E-state index in [0.717, 1.165) is 50.6 Å². The number of unbranched alkanes of at least 4 members (excludes halogenated alkanes) is 2. The first-order chi connectivity index (χ1) is 13.8. The van der Waals surface area contributed by atoms with Gasteiger partial charge in [0.1, 0.15) is 6.10 Å². The van der Waals surface area contributed by atoms with Crippen LogP contribution in [0.15, 0.2) is 17.4 Å². The number of hydrogen-bond donors (Lipinski definition) is 1. The van der Waals surface area contributed by atoms with Crippen molar-refractivity contribution < 1.29 is 9.47 Å². The van der Waals surface area contributed by atoms with Crippen molar-refractivity contribution in [3.8, 4) is 0 Å². The van der Waals surface area contributed by atoms with Crippen LogP contribution in [0.1, 0.15) is 63.0 Å². The van der Waals surface area contributed by atoms with Crippen LogP contribution in [0, 0.1) is 0 Å². The number of aromatic nitrogens is 2. The van der Waals surface area contributed by atoms with Gasteiger partial charge in [-0.3, -0.25) is 9.67 Å². The van der Waals surface area contributed by atoms with Crippen molar-refractivity contribution in [2.75, 3.05) is 39.9 Å². The second kappa shape index (κ2) is 11.4. The Bertz CT molecular complexity index is 597. The fraction of sp³-hybridized carbons (Fsp3) is 0.810. The predicted octanol–water partition coefficient (Wildman–Crippen LogP) is 2.89. The third-order valence-electron chi connectivity index (χ3n) is 5.68. The van der Waals surface area contributed by atoms with Gasteiger partial charge in [0.2, 0.25) is 0 Å². The van der Waals surface area contributed by atoms with Crippen molar-refractivity contribution >= 4 is 5.96 Å². The first-order valence-corrected chi connectivity index (χ1v) is 10.9. The van der Waals surface area contributed by atoms with Crippen molar-refractivity contribution in [3.05, 3.63) is 18.0 Å². The van der Waals surface area contributed by atoms with E-state index in [1.807, 2.05) is 31.2 Å². The zero-order chi connectivity index (χ0) is 19.6. The smallest absolute Gasteiger partial charge is 0.193 e. The van der Waals surface area contributed by atoms with E-state index in [9.17, 15) is 0 Å². The molecular weight excluding hydrogens is 354 g/mol. The average Bonchev–Trinajstić information content (AvgIpc) is 3.17. The molecule has 1 aliphatic heterocycles. The van der Waals surface area contributed by atoms with E-state index < -0.39 is 0 Å². The lowest BCUT2D eigenvalue weighted by molar-refractivity contribution is -0.00803. The van der Waals surface area contributed by atoms with Crippen molar-refractivity contribution in [2.24, 2.45) is 12.0 Å². The van der Waals surface area contributed by atoms with E-state index in [2.05, 4.69) is 20.3 Å². The molecule has 3 rings (SSSR count). The Hall–Kier alpha value is -1.60. The molecule has 2 heterocycles. The van der Waals surface area contributed by atoms with Gasteiger partial charge < -0.3 is 19.7 Å². The fourth-order valence-corrected chi connectivity index (χ4v) is 4.07. The van der Waals surface area contributed by atoms with Crippen LogP contribution in [0.2, 0.25) is 0 Å². The Labute approximate surface area is 169 Å². The van der Waals surface area contributed by atoms with E-state index in [1.165, 1.54) is 38.5 Å². The quantitative estimate of drug-likeness (QED) is 0.419. The molecular formula is C21H37N5O2. The SMILES string of the molecule is CN=C(NCCCCCOC1CCCCC1)N1CCOC(c2cnn(C)c2)C1. The molecule has 1 saturated heterocycles. The molecule has 1 aromatic heterocycles. The zero-order valence-electron chi connectivity index (χ0n) is 17.6. The summed E-state index contributed by atoms with van der Waals surface area (Å²) in [7, 11) is 3.79. The molecule has 0 spiro atoms. The first kappa shape index (κ1) is 21.1. The van der Waals surface area contributed by atoms with Gasteiger partial charge in [-0.2, -0.15) is 5.10 Å². The number of nitrogens with one attached hydrogen (secondary N) is 1. The van der Waals surface area contributed by atoms with Gasteiger partial charge in [0.25, 0.3) is 0 Å². The Morgan fingerprint density at radius 2 is 2.14 bits per heavy atom. The molecule has 7 heteroatoms. The van der Waals surface area contributed by atoms with Gasteiger partial charge in [0.15, 0.2) is 5.96 Å². The summed E-state index contributed by atoms with van der Waals surface area (Å²) in [4.78, 5) is 6.76. The maximum absolute atomic E-state index is 6.01. The van der Waals surface area contributed by atoms with Crippen LogP contribution in [0.5, 0.6) is 0 Å². The summed E-state index contributed by atoms with van der Waals surface area (Å²) in [6.07, 6.45) is 14.6. The van der Waals surface area contributed by atoms with Gasteiger partial charge >= 0.3 is 0 Å². The highest BCUT2D eigenvalue weighted by atomic mass is 16.5. The van der Waals surface area contributed by atoms with Crippen LogP contribution in [0.4, 0.5) is 0 Å². The summed E-state index contributed by atoms with van der Waals surface area (Å²) in [5.41, 5.74) is 1.13. The Kier molecular flexibility index (Phi) is 8.61. The highest BCUT2D eigenvalue weighted by Gasteiger charge is 2.25. The Morgan fingerprint density at radius 1 is 1.29 bits per heavy atom. The molecule has 7 nitrogen and oxygen atoms in total. The third kappa shape index (κ3) is 6.48. The van der Waals surface area contributed by atoms with E-state index in [0.29, 0.717) is 12.7 Å². The topological polar surface area (TPSA) is 63.9 Å². The van der Waals surface area contributed by atoms with Crippen LogP contribution in [0.25, 0.3) is 0 Å². The maximum atomic E-state index is 6.01. The van der Waals surface area contributed by atoms with E-state index in [1.54, 1.807) is 0 Å². The van der Waals surface area contributed by atoms with Crippen LogP contribution >= 0.6 is 0 Å². The Morgan fingerprint density at radius 3 is 2.89 bits per heavy atom. The van der Waals surface area contributed by atoms with Crippen molar-refractivity contribution in [2.45, 2.75) is 63.6 Å². The standard InChI is InChI=1S/C21H37N5O2/c1-22-21(23-11-7-4-8-13-27-19-9-5-3-6-10-19)26-12-14-28-20(17-26)18-15-24-25(2)16-18/h15-16,19-20H,3-14,17H2,1-2H3,(H,22,23). The normalized spacial score (nSPS) is 21.9. The number of aliphatic imine (C=N–C) groups is 1. The first-order valence-electron chi connectivity index (χ1n) is 10.9. The molecule has 1 saturated carbocycles. The van der Waals surface area contributed by atoms with Crippen molar-refractivity contribution in [3.63, 3.8) is 0 Å². The van der Waals surface area contributed by atoms with Crippen LogP contribution in [0.3, 0.4) is 0 Å². The number of aryl methyl sites for hydroxylation is 1. The van der Waals surface area contributed by atoms with Crippen molar-refractivity contribution in [1.29, 1.82) is 0 Å². The molecule has 1 aliphatic carbocycles. The second-order valence-corrected chi connectivity index (χ2v) is 7.92. The minimum absolute atomic E-state index is 0.0536. The van der Waals surface area contributed by atoms with Gasteiger partial charge in [0.05, 0.1) is 25.5 Å². The van der Waals surface area contributed by atoms with Gasteiger partial charge in [-0.25, -0.2) is 0 Å². The molecule has 1 N–H and O–H groups in total. The molecule has 1 atom stereocenters. The van der Waals surface area contributed by atoms with Crippen LogP contribution in [-0.4, -0.2) is 66.6 Å². The highest BCUT2D eigenvalue weighted by molar-refractivity contribution is 5.80. The van der Waals surface area contributed by atoms with E-state index >= 15 is 0 Å². The maximum Gasteiger partial charge on any atom is 0.193 e. The van der Waals surface area contributed by atoms with Gasteiger partial charge in [0, 0.05) is 45.6 Å². The summed E-state index contributed by atoms with van der Waals surface area (Å²) in [5.74, 6) is 0.968. The molecule has 158 valence electrons.